The molecule has 0 saturated heterocycles. The van der Waals surface area contributed by atoms with E-state index < -0.39 is 5.97 Å². The van der Waals surface area contributed by atoms with E-state index in [4.69, 9.17) is 15.4 Å². The van der Waals surface area contributed by atoms with Crippen molar-refractivity contribution in [1.82, 2.24) is 0 Å². The lowest BCUT2D eigenvalue weighted by Crippen LogP contribution is -2.02. The van der Waals surface area contributed by atoms with Crippen LogP contribution in [0.1, 0.15) is 24.8 Å². The molecule has 1 aromatic carbocycles. The normalized spacial score (nSPS) is 10.3. The number of aromatic hydroxyl groups is 2. The van der Waals surface area contributed by atoms with Crippen LogP contribution in [0.5, 0.6) is 11.5 Å². The standard InChI is InChI=1S/C14H17N3O4/c15-17-16-8-2-1-3-9-21-14(20)7-5-11-4-6-12(18)13(19)10-11/h4-7,10,18-19H,1-3,8-9H2/b7-5+. The highest BCUT2D eigenvalue weighted by atomic mass is 16.5. The fourth-order valence-corrected chi connectivity index (χ4v) is 1.54. The van der Waals surface area contributed by atoms with Crippen LogP contribution in [0.15, 0.2) is 29.4 Å². The first-order valence-corrected chi connectivity index (χ1v) is 6.51. The number of carbonyl (C=O) groups is 1. The number of ether oxygens (including phenoxy) is 1. The fourth-order valence-electron chi connectivity index (χ4n) is 1.54. The van der Waals surface area contributed by atoms with Crippen LogP contribution in [0.25, 0.3) is 16.5 Å². The molecule has 7 heteroatoms. The highest BCUT2D eigenvalue weighted by Crippen LogP contribution is 2.25. The fraction of sp³-hybridized carbons (Fsp3) is 0.357. The number of hydrogen-bond donors (Lipinski definition) is 2. The summed E-state index contributed by atoms with van der Waals surface area (Å²) >= 11 is 0. The number of carbonyl (C=O) groups excluding carboxylic acids is 1. The Morgan fingerprint density at radius 2 is 2.10 bits per heavy atom. The van der Waals surface area contributed by atoms with Crippen molar-refractivity contribution in [3.05, 3.63) is 40.3 Å². The number of unbranched alkanes of at least 4 members (excludes halogenated alkanes) is 2. The van der Waals surface area contributed by atoms with Gasteiger partial charge in [-0.05, 0) is 48.6 Å². The molecule has 0 saturated carbocycles. The molecule has 1 aromatic rings. The van der Waals surface area contributed by atoms with Gasteiger partial charge in [0.1, 0.15) is 0 Å². The van der Waals surface area contributed by atoms with E-state index in [1.54, 1.807) is 6.07 Å². The zero-order chi connectivity index (χ0) is 15.5. The molecule has 0 amide bonds. The highest BCUT2D eigenvalue weighted by Gasteiger charge is 2.00. The van der Waals surface area contributed by atoms with Crippen LogP contribution in [0.2, 0.25) is 0 Å². The minimum atomic E-state index is -0.474. The minimum Gasteiger partial charge on any atom is -0.504 e. The number of phenolic OH excluding ortho intramolecular Hbond substituents is 2. The maximum Gasteiger partial charge on any atom is 0.330 e. The van der Waals surface area contributed by atoms with Crippen LogP contribution in [-0.4, -0.2) is 29.3 Å². The summed E-state index contributed by atoms with van der Waals surface area (Å²) in [5, 5.41) is 21.9. The Morgan fingerprint density at radius 1 is 1.29 bits per heavy atom. The third kappa shape index (κ3) is 6.89. The molecule has 0 aliphatic rings. The van der Waals surface area contributed by atoms with Gasteiger partial charge in [0, 0.05) is 17.5 Å². The molecular formula is C14H17N3O4. The maximum absolute atomic E-state index is 11.4. The second-order valence-corrected chi connectivity index (χ2v) is 4.26. The maximum atomic E-state index is 11.4. The SMILES string of the molecule is [N-]=[N+]=NCCCCCOC(=O)/C=C/c1ccc(O)c(O)c1. The second kappa shape index (κ2) is 9.28. The average Bonchev–Trinajstić information content (AvgIpc) is 2.47. The van der Waals surface area contributed by atoms with E-state index in [0.717, 1.165) is 12.8 Å². The van der Waals surface area contributed by atoms with E-state index in [-0.39, 0.29) is 11.5 Å². The van der Waals surface area contributed by atoms with Crippen molar-refractivity contribution in [2.75, 3.05) is 13.2 Å². The third-order valence-corrected chi connectivity index (χ3v) is 2.62. The number of nitrogens with zero attached hydrogens (tertiary/aromatic N) is 3. The molecule has 0 radical (unpaired) electrons. The first-order chi connectivity index (χ1) is 10.1. The van der Waals surface area contributed by atoms with Crippen LogP contribution >= 0.6 is 0 Å². The van der Waals surface area contributed by atoms with Gasteiger partial charge in [-0.25, -0.2) is 4.79 Å². The molecule has 21 heavy (non-hydrogen) atoms. The average molecular weight is 291 g/mol. The minimum absolute atomic E-state index is 0.213. The van der Waals surface area contributed by atoms with Crippen molar-refractivity contribution >= 4 is 12.0 Å². The highest BCUT2D eigenvalue weighted by molar-refractivity contribution is 5.87. The molecule has 0 unspecified atom stereocenters. The monoisotopic (exact) mass is 291 g/mol. The molecule has 7 nitrogen and oxygen atoms in total. The van der Waals surface area contributed by atoms with Gasteiger partial charge in [-0.2, -0.15) is 0 Å². The summed E-state index contributed by atoms with van der Waals surface area (Å²) < 4.78 is 4.98. The van der Waals surface area contributed by atoms with Gasteiger partial charge >= 0.3 is 5.97 Å². The summed E-state index contributed by atoms with van der Waals surface area (Å²) in [4.78, 5) is 14.1. The van der Waals surface area contributed by atoms with E-state index in [9.17, 15) is 9.90 Å². The first-order valence-electron chi connectivity index (χ1n) is 6.51. The lowest BCUT2D eigenvalue weighted by molar-refractivity contribution is -0.137. The molecule has 0 aliphatic carbocycles. The molecule has 112 valence electrons. The van der Waals surface area contributed by atoms with Gasteiger partial charge in [-0.15, -0.1) is 0 Å². The number of benzene rings is 1. The van der Waals surface area contributed by atoms with Gasteiger partial charge in [0.2, 0.25) is 0 Å². The summed E-state index contributed by atoms with van der Waals surface area (Å²) in [6.45, 7) is 0.759. The molecule has 0 spiro atoms. The largest absolute Gasteiger partial charge is 0.504 e. The Kier molecular flexibility index (Phi) is 7.24. The summed E-state index contributed by atoms with van der Waals surface area (Å²) in [5.74, 6) is -0.932. The lowest BCUT2D eigenvalue weighted by atomic mass is 10.2. The van der Waals surface area contributed by atoms with Crippen molar-refractivity contribution < 1.29 is 19.7 Å². The zero-order valence-electron chi connectivity index (χ0n) is 11.5. The van der Waals surface area contributed by atoms with Crippen molar-refractivity contribution in [2.45, 2.75) is 19.3 Å². The number of rotatable bonds is 8. The Morgan fingerprint density at radius 3 is 2.81 bits per heavy atom. The smallest absolute Gasteiger partial charge is 0.330 e. The van der Waals surface area contributed by atoms with Crippen LogP contribution < -0.4 is 0 Å². The number of phenols is 2. The predicted molar refractivity (Wildman–Crippen MR) is 77.6 cm³/mol. The molecule has 1 rings (SSSR count). The Hall–Kier alpha value is -2.66. The van der Waals surface area contributed by atoms with Crippen LogP contribution in [-0.2, 0) is 9.53 Å². The summed E-state index contributed by atoms with van der Waals surface area (Å²) in [7, 11) is 0. The summed E-state index contributed by atoms with van der Waals surface area (Å²) in [6.07, 6.45) is 5.04. The molecule has 2 N–H and O–H groups in total. The number of azide groups is 1. The van der Waals surface area contributed by atoms with Gasteiger partial charge in [-0.1, -0.05) is 11.2 Å². The Labute approximate surface area is 122 Å². The van der Waals surface area contributed by atoms with Crippen molar-refractivity contribution in [1.29, 1.82) is 0 Å². The molecule has 0 bridgehead atoms. The van der Waals surface area contributed by atoms with Gasteiger partial charge in [0.15, 0.2) is 11.5 Å². The van der Waals surface area contributed by atoms with E-state index >= 15 is 0 Å². The third-order valence-electron chi connectivity index (χ3n) is 2.62. The molecule has 0 atom stereocenters. The first kappa shape index (κ1) is 16.4. The number of hydrogen-bond acceptors (Lipinski definition) is 5. The van der Waals surface area contributed by atoms with Gasteiger partial charge < -0.3 is 14.9 Å². The topological polar surface area (TPSA) is 116 Å². The molecular weight excluding hydrogens is 274 g/mol. The van der Waals surface area contributed by atoms with Gasteiger partial charge in [-0.3, -0.25) is 0 Å². The molecule has 0 aliphatic heterocycles. The van der Waals surface area contributed by atoms with Gasteiger partial charge in [0.05, 0.1) is 6.61 Å². The van der Waals surface area contributed by atoms with E-state index in [2.05, 4.69) is 10.0 Å². The van der Waals surface area contributed by atoms with Crippen LogP contribution in [0, 0.1) is 0 Å². The van der Waals surface area contributed by atoms with Crippen molar-refractivity contribution in [3.63, 3.8) is 0 Å². The van der Waals surface area contributed by atoms with E-state index in [1.165, 1.54) is 24.3 Å². The van der Waals surface area contributed by atoms with Gasteiger partial charge in [0.25, 0.3) is 0 Å². The van der Waals surface area contributed by atoms with E-state index in [1.807, 2.05) is 0 Å². The van der Waals surface area contributed by atoms with Crippen LogP contribution in [0.4, 0.5) is 0 Å². The number of esters is 1. The van der Waals surface area contributed by atoms with Crippen molar-refractivity contribution in [3.8, 4) is 11.5 Å². The van der Waals surface area contributed by atoms with Crippen LogP contribution in [0.3, 0.4) is 0 Å². The summed E-state index contributed by atoms with van der Waals surface area (Å²) in [5.41, 5.74) is 8.66. The predicted octanol–water partition coefficient (Wildman–Crippen LogP) is 3.13. The Balaban J connectivity index is 2.25. The van der Waals surface area contributed by atoms with Crippen molar-refractivity contribution in [2.24, 2.45) is 5.11 Å². The molecule has 0 fully saturated rings. The summed E-state index contributed by atoms with van der Waals surface area (Å²) in [6, 6.07) is 4.24. The molecule has 0 aromatic heterocycles. The second-order valence-electron chi connectivity index (χ2n) is 4.26. The molecule has 0 heterocycles. The van der Waals surface area contributed by atoms with E-state index in [0.29, 0.717) is 25.1 Å². The Bertz CT molecular complexity index is 551. The zero-order valence-corrected chi connectivity index (χ0v) is 11.5. The quantitative estimate of drug-likeness (QED) is 0.145. The lowest BCUT2D eigenvalue weighted by Gasteiger charge is -2.01.